The maximum absolute atomic E-state index is 12.1. The number of thiazole rings is 1. The molecule has 30 heavy (non-hydrogen) atoms. The molecule has 1 aromatic carbocycles. The fourth-order valence-electron chi connectivity index (χ4n) is 3.12. The zero-order valence-electron chi connectivity index (χ0n) is 16.1. The molecule has 1 N–H and O–H groups in total. The van der Waals surface area contributed by atoms with E-state index in [9.17, 15) is 13.2 Å². The molecule has 0 radical (unpaired) electrons. The van der Waals surface area contributed by atoms with Crippen molar-refractivity contribution < 1.29 is 13.2 Å². The zero-order valence-corrected chi connectivity index (χ0v) is 17.7. The van der Waals surface area contributed by atoms with Crippen LogP contribution in [0.1, 0.15) is 17.0 Å². The third-order valence-corrected chi connectivity index (χ3v) is 7.37. The lowest BCUT2D eigenvalue weighted by Gasteiger charge is -2.16. The number of carbonyl (C=O) groups is 1. The van der Waals surface area contributed by atoms with Gasteiger partial charge in [-0.3, -0.25) is 14.1 Å². The van der Waals surface area contributed by atoms with Gasteiger partial charge in [0.25, 0.3) is 0 Å². The van der Waals surface area contributed by atoms with Crippen molar-refractivity contribution in [1.82, 2.24) is 15.3 Å². The van der Waals surface area contributed by atoms with Crippen molar-refractivity contribution in [2.24, 2.45) is 0 Å². The number of sulfonamides is 1. The topological polar surface area (TPSA) is 92.3 Å². The lowest BCUT2D eigenvalue weighted by atomic mass is 10.2. The Morgan fingerprint density at radius 2 is 1.93 bits per heavy atom. The number of aromatic nitrogens is 2. The van der Waals surface area contributed by atoms with Gasteiger partial charge in [-0.25, -0.2) is 13.4 Å². The minimum Gasteiger partial charge on any atom is -0.346 e. The molecule has 0 bridgehead atoms. The van der Waals surface area contributed by atoms with Crippen LogP contribution in [0.15, 0.2) is 60.2 Å². The number of hydrogen-bond acceptors (Lipinski definition) is 6. The first-order chi connectivity index (χ1) is 14.5. The number of nitrogens with one attached hydrogen (secondary N) is 1. The molecule has 154 valence electrons. The molecule has 0 saturated carbocycles. The Hall–Kier alpha value is -3.04. The van der Waals surface area contributed by atoms with Crippen molar-refractivity contribution in [3.8, 4) is 11.3 Å². The Morgan fingerprint density at radius 3 is 2.63 bits per heavy atom. The van der Waals surface area contributed by atoms with E-state index in [1.165, 1.54) is 21.7 Å². The number of amides is 1. The molecule has 1 fully saturated rings. The van der Waals surface area contributed by atoms with Crippen LogP contribution in [0.4, 0.5) is 5.69 Å². The summed E-state index contributed by atoms with van der Waals surface area (Å²) in [6, 6.07) is 10.9. The van der Waals surface area contributed by atoms with Gasteiger partial charge in [-0.15, -0.1) is 11.3 Å². The van der Waals surface area contributed by atoms with Crippen LogP contribution < -0.4 is 9.62 Å². The summed E-state index contributed by atoms with van der Waals surface area (Å²) in [4.78, 5) is 20.6. The van der Waals surface area contributed by atoms with Gasteiger partial charge in [-0.1, -0.05) is 12.1 Å². The van der Waals surface area contributed by atoms with Gasteiger partial charge in [-0.2, -0.15) is 0 Å². The third-order valence-electron chi connectivity index (χ3n) is 4.65. The average Bonchev–Trinajstić information content (AvgIpc) is 3.38. The first-order valence-electron chi connectivity index (χ1n) is 9.42. The van der Waals surface area contributed by atoms with E-state index in [0.29, 0.717) is 25.2 Å². The van der Waals surface area contributed by atoms with Crippen molar-refractivity contribution in [2.75, 3.05) is 16.6 Å². The number of anilines is 1. The normalized spacial score (nSPS) is 15.5. The molecule has 3 heterocycles. The SMILES string of the molecule is O=C(/C=C/c1ccc(N2CCCS2(=O)=O)cc1)NCc1nc(-c2ccncc2)cs1. The van der Waals surface area contributed by atoms with E-state index in [-0.39, 0.29) is 11.7 Å². The van der Waals surface area contributed by atoms with Crippen LogP contribution in [0.2, 0.25) is 0 Å². The number of carbonyl (C=O) groups excluding carboxylic acids is 1. The number of benzene rings is 1. The Labute approximate surface area is 179 Å². The number of pyridine rings is 1. The molecule has 0 spiro atoms. The third kappa shape index (κ3) is 4.74. The van der Waals surface area contributed by atoms with Crippen LogP contribution in [0.5, 0.6) is 0 Å². The highest BCUT2D eigenvalue weighted by atomic mass is 32.2. The molecule has 0 atom stereocenters. The Balaban J connectivity index is 1.31. The minimum atomic E-state index is -3.19. The first-order valence-corrected chi connectivity index (χ1v) is 11.9. The molecule has 4 rings (SSSR count). The van der Waals surface area contributed by atoms with Gasteiger partial charge < -0.3 is 5.32 Å². The van der Waals surface area contributed by atoms with Crippen molar-refractivity contribution in [3.63, 3.8) is 0 Å². The molecule has 1 saturated heterocycles. The lowest BCUT2D eigenvalue weighted by Crippen LogP contribution is -2.24. The molecule has 1 amide bonds. The average molecular weight is 441 g/mol. The number of hydrogen-bond donors (Lipinski definition) is 1. The zero-order chi connectivity index (χ0) is 21.0. The van der Waals surface area contributed by atoms with Crippen LogP contribution in [-0.4, -0.2) is 36.6 Å². The molecule has 2 aromatic heterocycles. The van der Waals surface area contributed by atoms with E-state index in [1.807, 2.05) is 17.5 Å². The van der Waals surface area contributed by atoms with Crippen LogP contribution in [0, 0.1) is 0 Å². The standard InChI is InChI=1S/C21H20N4O3S2/c26-20(23-14-21-24-19(15-29-21)17-8-10-22-11-9-17)7-4-16-2-5-18(6-3-16)25-12-1-13-30(25,27)28/h2-11,15H,1,12-14H2,(H,23,26)/b7-4+. The highest BCUT2D eigenvalue weighted by molar-refractivity contribution is 7.93. The highest BCUT2D eigenvalue weighted by Gasteiger charge is 2.28. The van der Waals surface area contributed by atoms with Crippen molar-refractivity contribution in [3.05, 3.63) is 70.8 Å². The Morgan fingerprint density at radius 1 is 1.17 bits per heavy atom. The quantitative estimate of drug-likeness (QED) is 0.595. The van der Waals surface area contributed by atoms with Gasteiger partial charge in [0, 0.05) is 36.0 Å². The molecule has 9 heteroatoms. The highest BCUT2D eigenvalue weighted by Crippen LogP contribution is 2.24. The molecule has 0 unspecified atom stereocenters. The Kier molecular flexibility index (Phi) is 5.91. The van der Waals surface area contributed by atoms with E-state index >= 15 is 0 Å². The van der Waals surface area contributed by atoms with Crippen LogP contribution >= 0.6 is 11.3 Å². The predicted octanol–water partition coefficient (Wildman–Crippen LogP) is 3.07. The summed E-state index contributed by atoms with van der Waals surface area (Å²) in [6.07, 6.45) is 7.24. The first kappa shape index (κ1) is 20.2. The van der Waals surface area contributed by atoms with E-state index < -0.39 is 10.0 Å². The van der Waals surface area contributed by atoms with Gasteiger partial charge in [0.1, 0.15) is 5.01 Å². The molecule has 3 aromatic rings. The van der Waals surface area contributed by atoms with Gasteiger partial charge in [0.2, 0.25) is 15.9 Å². The fraction of sp³-hybridized carbons (Fsp3) is 0.190. The molecule has 1 aliphatic rings. The van der Waals surface area contributed by atoms with Crippen LogP contribution in [-0.2, 0) is 21.4 Å². The summed E-state index contributed by atoms with van der Waals surface area (Å²) >= 11 is 1.49. The van der Waals surface area contributed by atoms with Crippen molar-refractivity contribution in [1.29, 1.82) is 0 Å². The minimum absolute atomic E-state index is 0.192. The van der Waals surface area contributed by atoms with E-state index in [2.05, 4.69) is 15.3 Å². The van der Waals surface area contributed by atoms with E-state index in [4.69, 9.17) is 0 Å². The van der Waals surface area contributed by atoms with Crippen molar-refractivity contribution >= 4 is 39.0 Å². The predicted molar refractivity (Wildman–Crippen MR) is 118 cm³/mol. The summed E-state index contributed by atoms with van der Waals surface area (Å²) in [5.74, 6) is -0.0281. The number of rotatable bonds is 6. The molecule has 0 aliphatic carbocycles. The molecular weight excluding hydrogens is 420 g/mol. The summed E-state index contributed by atoms with van der Waals surface area (Å²) in [6.45, 7) is 0.865. The number of nitrogens with zero attached hydrogens (tertiary/aromatic N) is 3. The second-order valence-electron chi connectivity index (χ2n) is 6.75. The van der Waals surface area contributed by atoms with Gasteiger partial charge in [0.15, 0.2) is 0 Å². The summed E-state index contributed by atoms with van der Waals surface area (Å²) in [5, 5.41) is 5.60. The van der Waals surface area contributed by atoms with E-state index in [1.54, 1.807) is 42.7 Å². The van der Waals surface area contributed by atoms with Crippen LogP contribution in [0.25, 0.3) is 17.3 Å². The maximum atomic E-state index is 12.1. The lowest BCUT2D eigenvalue weighted by molar-refractivity contribution is -0.116. The fourth-order valence-corrected chi connectivity index (χ4v) is 5.43. The van der Waals surface area contributed by atoms with E-state index in [0.717, 1.165) is 21.8 Å². The Bertz CT molecular complexity index is 1160. The monoisotopic (exact) mass is 440 g/mol. The largest absolute Gasteiger partial charge is 0.346 e. The van der Waals surface area contributed by atoms with Gasteiger partial charge >= 0.3 is 0 Å². The van der Waals surface area contributed by atoms with Gasteiger partial charge in [0.05, 0.1) is 23.7 Å². The molecule has 7 nitrogen and oxygen atoms in total. The van der Waals surface area contributed by atoms with Gasteiger partial charge in [-0.05, 0) is 42.3 Å². The smallest absolute Gasteiger partial charge is 0.244 e. The summed E-state index contributed by atoms with van der Waals surface area (Å²) < 4.78 is 25.4. The summed E-state index contributed by atoms with van der Waals surface area (Å²) in [7, 11) is -3.19. The van der Waals surface area contributed by atoms with Crippen LogP contribution in [0.3, 0.4) is 0 Å². The molecule has 1 aliphatic heterocycles. The van der Waals surface area contributed by atoms with Crippen molar-refractivity contribution in [2.45, 2.75) is 13.0 Å². The maximum Gasteiger partial charge on any atom is 0.244 e. The second kappa shape index (κ2) is 8.76. The summed E-state index contributed by atoms with van der Waals surface area (Å²) in [5.41, 5.74) is 3.33. The molecular formula is C21H20N4O3S2. The second-order valence-corrected chi connectivity index (χ2v) is 9.70.